The molecule has 1 amide bonds. The van der Waals surface area contributed by atoms with Crippen LogP contribution in [-0.2, 0) is 14.8 Å². The summed E-state index contributed by atoms with van der Waals surface area (Å²) in [4.78, 5) is 27.4. The predicted octanol–water partition coefficient (Wildman–Crippen LogP) is 2.54. The van der Waals surface area contributed by atoms with Crippen molar-refractivity contribution in [3.63, 3.8) is 0 Å². The van der Waals surface area contributed by atoms with Crippen LogP contribution in [-0.4, -0.2) is 53.5 Å². The highest BCUT2D eigenvalue weighted by Crippen LogP contribution is 2.21. The molecule has 0 aliphatic carbocycles. The number of carboxylic acids is 1. The number of hydrogen-bond acceptors (Lipinski definition) is 6. The molecule has 0 saturated carbocycles. The maximum Gasteiger partial charge on any atom is 0.338 e. The van der Waals surface area contributed by atoms with Crippen molar-refractivity contribution in [2.45, 2.75) is 23.8 Å². The van der Waals surface area contributed by atoms with Crippen LogP contribution < -0.4 is 5.32 Å². The molecule has 1 aromatic heterocycles. The van der Waals surface area contributed by atoms with Crippen LogP contribution in [0.25, 0.3) is 0 Å². The highest BCUT2D eigenvalue weighted by Gasteiger charge is 2.21. The fraction of sp³-hybridized carbons (Fsp3) is 0.278. The van der Waals surface area contributed by atoms with E-state index in [0.29, 0.717) is 18.8 Å². The number of carbonyl (C=O) groups excluding carboxylic acids is 1. The molecule has 2 N–H and O–H groups in total. The van der Waals surface area contributed by atoms with Crippen molar-refractivity contribution in [2.75, 3.05) is 24.2 Å². The number of nitrogens with zero attached hydrogens (tertiary/aromatic N) is 2. The molecule has 10 heteroatoms. The molecule has 1 aromatic carbocycles. The number of nitrogens with one attached hydrogen (secondary N) is 1. The Kier molecular flexibility index (Phi) is 7.55. The summed E-state index contributed by atoms with van der Waals surface area (Å²) in [5, 5.41) is 12.0. The average molecular weight is 424 g/mol. The van der Waals surface area contributed by atoms with Crippen LogP contribution in [0.1, 0.15) is 24.2 Å². The number of pyridine rings is 1. The zero-order chi connectivity index (χ0) is 20.7. The Bertz CT molecular complexity index is 942. The zero-order valence-electron chi connectivity index (χ0n) is 15.5. The molecule has 0 radical (unpaired) electrons. The van der Waals surface area contributed by atoms with Crippen molar-refractivity contribution >= 4 is 39.3 Å². The Balaban J connectivity index is 2.01. The number of carbonyl (C=O) groups is 2. The third kappa shape index (κ3) is 5.31. The maximum absolute atomic E-state index is 12.5. The molecule has 0 spiro atoms. The highest BCUT2D eigenvalue weighted by atomic mass is 32.2. The largest absolute Gasteiger partial charge is 0.478 e. The van der Waals surface area contributed by atoms with E-state index in [4.69, 9.17) is 5.11 Å². The number of benzene rings is 1. The first-order valence-electron chi connectivity index (χ1n) is 8.50. The lowest BCUT2D eigenvalue weighted by Crippen LogP contribution is -2.30. The van der Waals surface area contributed by atoms with Gasteiger partial charge in [0, 0.05) is 25.0 Å². The van der Waals surface area contributed by atoms with Gasteiger partial charge in [-0.25, -0.2) is 18.2 Å². The Hall–Kier alpha value is -2.43. The van der Waals surface area contributed by atoms with E-state index < -0.39 is 16.0 Å². The number of rotatable bonds is 9. The third-order valence-electron chi connectivity index (χ3n) is 3.82. The number of aromatic nitrogens is 1. The van der Waals surface area contributed by atoms with Crippen LogP contribution in [0.3, 0.4) is 0 Å². The summed E-state index contributed by atoms with van der Waals surface area (Å²) in [5.74, 6) is -1.50. The lowest BCUT2D eigenvalue weighted by molar-refractivity contribution is -0.113. The summed E-state index contributed by atoms with van der Waals surface area (Å²) in [6.07, 6.45) is 1.46. The van der Waals surface area contributed by atoms with E-state index >= 15 is 0 Å². The monoisotopic (exact) mass is 423 g/mol. The fourth-order valence-corrected chi connectivity index (χ4v) is 4.67. The minimum absolute atomic E-state index is 0.0310. The van der Waals surface area contributed by atoms with Crippen LogP contribution in [0, 0.1) is 0 Å². The van der Waals surface area contributed by atoms with E-state index in [-0.39, 0.29) is 27.1 Å². The number of thioether (sulfide) groups is 1. The molecule has 8 nitrogen and oxygen atoms in total. The van der Waals surface area contributed by atoms with Gasteiger partial charge in [-0.3, -0.25) is 4.79 Å². The van der Waals surface area contributed by atoms with Gasteiger partial charge in [0.25, 0.3) is 0 Å². The van der Waals surface area contributed by atoms with E-state index in [1.165, 1.54) is 46.9 Å². The number of aromatic carboxylic acids is 1. The SMILES string of the molecule is CCN(CC)S(=O)(=O)c1ccc(NC(=O)CSc2ncccc2C(=O)O)cc1. The maximum atomic E-state index is 12.5. The first-order valence-corrected chi connectivity index (χ1v) is 10.9. The van der Waals surface area contributed by atoms with Crippen LogP contribution in [0.2, 0.25) is 0 Å². The van der Waals surface area contributed by atoms with Gasteiger partial charge in [0.05, 0.1) is 16.2 Å². The second-order valence-electron chi connectivity index (χ2n) is 5.61. The van der Waals surface area contributed by atoms with Gasteiger partial charge in [0.2, 0.25) is 15.9 Å². The molecule has 28 heavy (non-hydrogen) atoms. The molecule has 1 heterocycles. The Morgan fingerprint density at radius 1 is 1.14 bits per heavy atom. The van der Waals surface area contributed by atoms with Gasteiger partial charge in [0.1, 0.15) is 5.03 Å². The van der Waals surface area contributed by atoms with Crippen LogP contribution in [0.5, 0.6) is 0 Å². The lowest BCUT2D eigenvalue weighted by atomic mass is 10.3. The number of anilines is 1. The first-order chi connectivity index (χ1) is 13.3. The summed E-state index contributed by atoms with van der Waals surface area (Å²) >= 11 is 1.01. The number of hydrogen-bond donors (Lipinski definition) is 2. The van der Waals surface area contributed by atoms with Gasteiger partial charge in [-0.15, -0.1) is 0 Å². The number of amides is 1. The van der Waals surface area contributed by atoms with Crippen LogP contribution >= 0.6 is 11.8 Å². The standard InChI is InChI=1S/C18H21N3O5S2/c1-3-21(4-2)28(25,26)14-9-7-13(8-10-14)20-16(22)12-27-17-15(18(23)24)6-5-11-19-17/h5-11H,3-4,12H2,1-2H3,(H,20,22)(H,23,24). The molecule has 0 aliphatic rings. The Labute approximate surface area is 168 Å². The quantitative estimate of drug-likeness (QED) is 0.595. The number of carboxylic acid groups (broad SMARTS) is 1. The second-order valence-corrected chi connectivity index (χ2v) is 8.51. The average Bonchev–Trinajstić information content (AvgIpc) is 2.67. The molecule has 0 atom stereocenters. The Morgan fingerprint density at radius 2 is 1.79 bits per heavy atom. The minimum atomic E-state index is -3.55. The molecule has 0 unspecified atom stereocenters. The van der Waals surface area contributed by atoms with Crippen molar-refractivity contribution in [1.82, 2.24) is 9.29 Å². The molecule has 2 rings (SSSR count). The normalized spacial score (nSPS) is 11.4. The topological polar surface area (TPSA) is 117 Å². The van der Waals surface area contributed by atoms with Crippen molar-refractivity contribution < 1.29 is 23.1 Å². The fourth-order valence-electron chi connectivity index (χ4n) is 2.42. The van der Waals surface area contributed by atoms with Gasteiger partial charge in [0.15, 0.2) is 0 Å². The molecule has 150 valence electrons. The third-order valence-corrected chi connectivity index (χ3v) is 6.89. The highest BCUT2D eigenvalue weighted by molar-refractivity contribution is 8.00. The van der Waals surface area contributed by atoms with Crippen LogP contribution in [0.15, 0.2) is 52.5 Å². The minimum Gasteiger partial charge on any atom is -0.478 e. The van der Waals surface area contributed by atoms with Gasteiger partial charge in [-0.05, 0) is 36.4 Å². The smallest absolute Gasteiger partial charge is 0.338 e. The molecule has 0 fully saturated rings. The molecular formula is C18H21N3O5S2. The first kappa shape index (κ1) is 21.9. The molecule has 0 saturated heterocycles. The molecule has 2 aromatic rings. The van der Waals surface area contributed by atoms with Gasteiger partial charge in [-0.1, -0.05) is 25.6 Å². The predicted molar refractivity (Wildman–Crippen MR) is 107 cm³/mol. The van der Waals surface area contributed by atoms with Crippen LogP contribution in [0.4, 0.5) is 5.69 Å². The second kappa shape index (κ2) is 9.67. The molecule has 0 bridgehead atoms. The summed E-state index contributed by atoms with van der Waals surface area (Å²) in [5.41, 5.74) is 0.481. The summed E-state index contributed by atoms with van der Waals surface area (Å²) in [6, 6.07) is 8.85. The summed E-state index contributed by atoms with van der Waals surface area (Å²) in [6.45, 7) is 4.29. The van der Waals surface area contributed by atoms with Gasteiger partial charge in [-0.2, -0.15) is 4.31 Å². The van der Waals surface area contributed by atoms with Crippen molar-refractivity contribution in [3.05, 3.63) is 48.2 Å². The van der Waals surface area contributed by atoms with Gasteiger partial charge >= 0.3 is 5.97 Å². The molecule has 0 aliphatic heterocycles. The van der Waals surface area contributed by atoms with Crippen molar-refractivity contribution in [3.8, 4) is 0 Å². The van der Waals surface area contributed by atoms with E-state index in [2.05, 4.69) is 10.3 Å². The van der Waals surface area contributed by atoms with Crippen molar-refractivity contribution in [2.24, 2.45) is 0 Å². The number of sulfonamides is 1. The Morgan fingerprint density at radius 3 is 2.36 bits per heavy atom. The van der Waals surface area contributed by atoms with Crippen molar-refractivity contribution in [1.29, 1.82) is 0 Å². The summed E-state index contributed by atoms with van der Waals surface area (Å²) in [7, 11) is -3.55. The van der Waals surface area contributed by atoms with E-state index in [9.17, 15) is 18.0 Å². The van der Waals surface area contributed by atoms with E-state index in [1.807, 2.05) is 0 Å². The lowest BCUT2D eigenvalue weighted by Gasteiger charge is -2.18. The van der Waals surface area contributed by atoms with E-state index in [1.54, 1.807) is 13.8 Å². The summed E-state index contributed by atoms with van der Waals surface area (Å²) < 4.78 is 26.3. The molecular weight excluding hydrogens is 402 g/mol. The van der Waals surface area contributed by atoms with Gasteiger partial charge < -0.3 is 10.4 Å². The van der Waals surface area contributed by atoms with E-state index in [0.717, 1.165) is 11.8 Å². The zero-order valence-corrected chi connectivity index (χ0v) is 17.1.